The van der Waals surface area contributed by atoms with E-state index in [0.29, 0.717) is 10.7 Å². The lowest BCUT2D eigenvalue weighted by molar-refractivity contribution is -0.113. The van der Waals surface area contributed by atoms with Crippen LogP contribution in [0, 0.1) is 6.92 Å². The molecule has 0 bridgehead atoms. The molecule has 116 valence electrons. The molecular weight excluding hydrogens is 330 g/mol. The normalized spacial score (nSPS) is 10.7. The lowest BCUT2D eigenvalue weighted by atomic mass is 10.3. The van der Waals surface area contributed by atoms with Gasteiger partial charge in [0.15, 0.2) is 0 Å². The summed E-state index contributed by atoms with van der Waals surface area (Å²) in [6.07, 6.45) is 0. The first-order valence-electron chi connectivity index (χ1n) is 7.03. The van der Waals surface area contributed by atoms with Crippen molar-refractivity contribution in [3.05, 3.63) is 59.2 Å². The molecule has 0 saturated heterocycles. The molecule has 0 aliphatic rings. The predicted molar refractivity (Wildman–Crippen MR) is 95.1 cm³/mol. The van der Waals surface area contributed by atoms with Crippen molar-refractivity contribution in [1.82, 2.24) is 9.97 Å². The van der Waals surface area contributed by atoms with Crippen LogP contribution in [0.2, 0.25) is 5.02 Å². The molecule has 1 amide bonds. The molecule has 2 aromatic carbocycles. The summed E-state index contributed by atoms with van der Waals surface area (Å²) in [6, 6.07) is 14.8. The first kappa shape index (κ1) is 15.8. The molecule has 0 atom stereocenters. The van der Waals surface area contributed by atoms with E-state index in [-0.39, 0.29) is 11.7 Å². The summed E-state index contributed by atoms with van der Waals surface area (Å²) in [5.74, 6) is 0.159. The van der Waals surface area contributed by atoms with E-state index < -0.39 is 0 Å². The van der Waals surface area contributed by atoms with Gasteiger partial charge in [-0.1, -0.05) is 41.6 Å². The zero-order valence-corrected chi connectivity index (χ0v) is 14.0. The fourth-order valence-corrected chi connectivity index (χ4v) is 3.05. The molecule has 4 nitrogen and oxygen atoms in total. The largest absolute Gasteiger partial charge is 0.325 e. The lowest BCUT2D eigenvalue weighted by Gasteiger charge is -2.07. The summed E-state index contributed by atoms with van der Waals surface area (Å²) in [5.41, 5.74) is 3.20. The van der Waals surface area contributed by atoms with Crippen LogP contribution in [0.4, 0.5) is 5.69 Å². The van der Waals surface area contributed by atoms with Gasteiger partial charge in [0.25, 0.3) is 0 Å². The fraction of sp³-hybridized carbons (Fsp3) is 0.118. The van der Waals surface area contributed by atoms with Crippen LogP contribution in [0.3, 0.4) is 0 Å². The molecule has 3 rings (SSSR count). The Labute approximate surface area is 143 Å². The number of nitrogens with zero attached hydrogens (tertiary/aromatic N) is 2. The molecular formula is C17H14ClN3OS. The van der Waals surface area contributed by atoms with Crippen LogP contribution in [0.15, 0.2) is 53.6 Å². The molecule has 0 saturated carbocycles. The van der Waals surface area contributed by atoms with E-state index in [0.717, 1.165) is 21.8 Å². The molecule has 0 spiro atoms. The SMILES string of the molecule is Cc1nc2ccccc2nc1SCC(=O)Nc1cccc(Cl)c1. The minimum Gasteiger partial charge on any atom is -0.325 e. The van der Waals surface area contributed by atoms with Crippen molar-refractivity contribution < 1.29 is 4.79 Å². The highest BCUT2D eigenvalue weighted by Gasteiger charge is 2.09. The molecule has 0 aliphatic heterocycles. The van der Waals surface area contributed by atoms with Crippen LogP contribution in [0.1, 0.15) is 5.69 Å². The summed E-state index contributed by atoms with van der Waals surface area (Å²) in [4.78, 5) is 21.1. The summed E-state index contributed by atoms with van der Waals surface area (Å²) < 4.78 is 0. The summed E-state index contributed by atoms with van der Waals surface area (Å²) in [7, 11) is 0. The van der Waals surface area contributed by atoms with Crippen LogP contribution < -0.4 is 5.32 Å². The second kappa shape index (κ2) is 6.98. The predicted octanol–water partition coefficient (Wildman–Crippen LogP) is 4.32. The third-order valence-electron chi connectivity index (χ3n) is 3.15. The lowest BCUT2D eigenvalue weighted by Crippen LogP contribution is -2.14. The first-order chi connectivity index (χ1) is 11.1. The van der Waals surface area contributed by atoms with Gasteiger partial charge in [-0.25, -0.2) is 9.97 Å². The van der Waals surface area contributed by atoms with Gasteiger partial charge in [0, 0.05) is 10.7 Å². The maximum absolute atomic E-state index is 12.0. The Kier molecular flexibility index (Phi) is 4.79. The van der Waals surface area contributed by atoms with Gasteiger partial charge in [0.05, 0.1) is 22.5 Å². The highest BCUT2D eigenvalue weighted by Crippen LogP contribution is 2.22. The second-order valence-electron chi connectivity index (χ2n) is 4.95. The molecule has 0 aliphatic carbocycles. The molecule has 0 fully saturated rings. The monoisotopic (exact) mass is 343 g/mol. The topological polar surface area (TPSA) is 54.9 Å². The van der Waals surface area contributed by atoms with Gasteiger partial charge in [0.2, 0.25) is 5.91 Å². The Bertz CT molecular complexity index is 869. The fourth-order valence-electron chi connectivity index (χ4n) is 2.11. The van der Waals surface area contributed by atoms with Crippen LogP contribution in [-0.2, 0) is 4.79 Å². The average molecular weight is 344 g/mol. The quantitative estimate of drug-likeness (QED) is 0.717. The van der Waals surface area contributed by atoms with Gasteiger partial charge in [-0.15, -0.1) is 0 Å². The van der Waals surface area contributed by atoms with Crippen LogP contribution >= 0.6 is 23.4 Å². The van der Waals surface area contributed by atoms with Crippen molar-refractivity contribution >= 4 is 46.0 Å². The Hall–Kier alpha value is -2.11. The molecule has 23 heavy (non-hydrogen) atoms. The van der Waals surface area contributed by atoms with Gasteiger partial charge in [-0.05, 0) is 37.3 Å². The molecule has 1 aromatic heterocycles. The number of aromatic nitrogens is 2. The van der Waals surface area contributed by atoms with Crippen molar-refractivity contribution in [2.45, 2.75) is 11.9 Å². The van der Waals surface area contributed by atoms with E-state index in [9.17, 15) is 4.79 Å². The number of para-hydroxylation sites is 2. The number of aryl methyl sites for hydroxylation is 1. The third kappa shape index (κ3) is 4.00. The van der Waals surface area contributed by atoms with E-state index in [1.807, 2.05) is 31.2 Å². The molecule has 0 radical (unpaired) electrons. The number of anilines is 1. The molecule has 1 heterocycles. The van der Waals surface area contributed by atoms with Gasteiger partial charge in [-0.3, -0.25) is 4.79 Å². The number of benzene rings is 2. The molecule has 1 N–H and O–H groups in total. The van der Waals surface area contributed by atoms with Crippen molar-refractivity contribution in [2.75, 3.05) is 11.1 Å². The summed E-state index contributed by atoms with van der Waals surface area (Å²) in [6.45, 7) is 1.90. The van der Waals surface area contributed by atoms with Gasteiger partial charge in [0.1, 0.15) is 5.03 Å². The number of fused-ring (bicyclic) bond motifs is 1. The minimum absolute atomic E-state index is 0.105. The van der Waals surface area contributed by atoms with E-state index >= 15 is 0 Å². The number of nitrogens with one attached hydrogen (secondary N) is 1. The Morgan fingerprint density at radius 2 is 1.87 bits per heavy atom. The van der Waals surface area contributed by atoms with Crippen LogP contribution in [-0.4, -0.2) is 21.6 Å². The highest BCUT2D eigenvalue weighted by molar-refractivity contribution is 8.00. The van der Waals surface area contributed by atoms with Crippen molar-refractivity contribution in [3.63, 3.8) is 0 Å². The van der Waals surface area contributed by atoms with E-state index in [1.165, 1.54) is 11.8 Å². The Balaban J connectivity index is 1.68. The maximum atomic E-state index is 12.0. The Morgan fingerprint density at radius 3 is 2.61 bits per heavy atom. The Morgan fingerprint density at radius 1 is 1.13 bits per heavy atom. The average Bonchev–Trinajstić information content (AvgIpc) is 2.53. The number of hydrogen-bond donors (Lipinski definition) is 1. The minimum atomic E-state index is -0.105. The second-order valence-corrected chi connectivity index (χ2v) is 6.35. The zero-order valence-electron chi connectivity index (χ0n) is 12.4. The van der Waals surface area contributed by atoms with Crippen molar-refractivity contribution in [3.8, 4) is 0 Å². The molecule has 0 unspecified atom stereocenters. The number of amides is 1. The van der Waals surface area contributed by atoms with Crippen LogP contribution in [0.25, 0.3) is 11.0 Å². The van der Waals surface area contributed by atoms with E-state index in [1.54, 1.807) is 24.3 Å². The molecule has 3 aromatic rings. The number of halogens is 1. The zero-order chi connectivity index (χ0) is 16.2. The number of rotatable bonds is 4. The van der Waals surface area contributed by atoms with E-state index in [2.05, 4.69) is 15.3 Å². The number of carbonyl (C=O) groups is 1. The first-order valence-corrected chi connectivity index (χ1v) is 8.40. The van der Waals surface area contributed by atoms with Gasteiger partial charge in [-0.2, -0.15) is 0 Å². The summed E-state index contributed by atoms with van der Waals surface area (Å²) >= 11 is 7.28. The maximum Gasteiger partial charge on any atom is 0.234 e. The van der Waals surface area contributed by atoms with Gasteiger partial charge < -0.3 is 5.32 Å². The third-order valence-corrected chi connectivity index (χ3v) is 4.45. The smallest absolute Gasteiger partial charge is 0.234 e. The number of hydrogen-bond acceptors (Lipinski definition) is 4. The van der Waals surface area contributed by atoms with Gasteiger partial charge >= 0.3 is 0 Å². The standard InChI is InChI=1S/C17H14ClN3OS/c1-11-17(21-15-8-3-2-7-14(15)19-11)23-10-16(22)20-13-6-4-5-12(18)9-13/h2-9H,10H2,1H3,(H,20,22). The van der Waals surface area contributed by atoms with Crippen LogP contribution in [0.5, 0.6) is 0 Å². The number of thioether (sulfide) groups is 1. The number of carbonyl (C=O) groups excluding carboxylic acids is 1. The van der Waals surface area contributed by atoms with Crippen molar-refractivity contribution in [1.29, 1.82) is 0 Å². The molecule has 6 heteroatoms. The van der Waals surface area contributed by atoms with E-state index in [4.69, 9.17) is 11.6 Å². The highest BCUT2D eigenvalue weighted by atomic mass is 35.5. The van der Waals surface area contributed by atoms with Crippen molar-refractivity contribution in [2.24, 2.45) is 0 Å². The summed E-state index contributed by atoms with van der Waals surface area (Å²) in [5, 5.41) is 4.18.